The third-order valence-corrected chi connectivity index (χ3v) is 4.15. The molecule has 5 nitrogen and oxygen atoms in total. The molecule has 0 aliphatic rings. The van der Waals surface area contributed by atoms with E-state index in [9.17, 15) is 14.7 Å². The zero-order valence-corrected chi connectivity index (χ0v) is 13.3. The number of carbonyl (C=O) groups excluding carboxylic acids is 2. The van der Waals surface area contributed by atoms with Crippen molar-refractivity contribution in [3.05, 3.63) is 71.0 Å². The molecule has 0 unspecified atom stereocenters. The molecule has 3 rings (SSSR count). The van der Waals surface area contributed by atoms with Crippen molar-refractivity contribution in [1.29, 1.82) is 0 Å². The first-order valence-corrected chi connectivity index (χ1v) is 7.75. The van der Waals surface area contributed by atoms with Gasteiger partial charge in [0.05, 0.1) is 11.1 Å². The first-order chi connectivity index (χ1) is 11.5. The maximum atomic E-state index is 12.3. The summed E-state index contributed by atoms with van der Waals surface area (Å²) in [6, 6.07) is 12.9. The van der Waals surface area contributed by atoms with Crippen LogP contribution in [0, 0.1) is 0 Å². The monoisotopic (exact) mass is 322 g/mol. The normalized spacial score (nSPS) is 10.9. The largest absolute Gasteiger partial charge is 0.508 e. The van der Waals surface area contributed by atoms with Crippen LogP contribution in [0.4, 0.5) is 0 Å². The maximum absolute atomic E-state index is 12.3. The van der Waals surface area contributed by atoms with Crippen molar-refractivity contribution in [1.82, 2.24) is 4.40 Å². The molecule has 0 aliphatic carbocycles. The Kier molecular flexibility index (Phi) is 4.08. The number of nitrogens with zero attached hydrogens (tertiary/aromatic N) is 1. The predicted octanol–water partition coefficient (Wildman–Crippen LogP) is 2.47. The van der Waals surface area contributed by atoms with Gasteiger partial charge in [0.1, 0.15) is 5.75 Å². The lowest BCUT2D eigenvalue weighted by atomic mass is 9.99. The summed E-state index contributed by atoms with van der Waals surface area (Å²) in [5.74, 6) is -1.69. The number of aromatic nitrogens is 1. The Morgan fingerprint density at radius 1 is 1.17 bits per heavy atom. The molecule has 0 saturated carbocycles. The predicted molar refractivity (Wildman–Crippen MR) is 91.2 cm³/mol. The Bertz CT molecular complexity index is 927. The Morgan fingerprint density at radius 3 is 2.50 bits per heavy atom. The number of nitrogens with two attached hydrogens (primary N) is 1. The number of amides is 1. The number of hydrogen-bond acceptors (Lipinski definition) is 3. The number of carbonyl (C=O) groups is 2. The average Bonchev–Trinajstić information content (AvgIpc) is 2.87. The Labute approximate surface area is 139 Å². The molecule has 0 bridgehead atoms. The molecule has 0 saturated heterocycles. The molecule has 3 N–H and O–H groups in total. The first-order valence-electron chi connectivity index (χ1n) is 7.75. The number of pyridine rings is 1. The minimum atomic E-state index is -0.994. The second-order valence-corrected chi connectivity index (χ2v) is 5.65. The number of aromatic hydroxyl groups is 1. The molecular weight excluding hydrogens is 304 g/mol. The van der Waals surface area contributed by atoms with Crippen LogP contribution in [0.1, 0.15) is 34.1 Å². The summed E-state index contributed by atoms with van der Waals surface area (Å²) in [5.41, 5.74) is 8.81. The van der Waals surface area contributed by atoms with Gasteiger partial charge in [-0.25, -0.2) is 0 Å². The van der Waals surface area contributed by atoms with Gasteiger partial charge in [-0.3, -0.25) is 9.59 Å². The number of hydrogen-bond donors (Lipinski definition) is 2. The van der Waals surface area contributed by atoms with Gasteiger partial charge in [0.2, 0.25) is 0 Å². The molecule has 0 aliphatic heterocycles. The Balaban J connectivity index is 2.28. The van der Waals surface area contributed by atoms with E-state index in [1.165, 1.54) is 6.07 Å². The van der Waals surface area contributed by atoms with Gasteiger partial charge in [-0.15, -0.1) is 0 Å². The summed E-state index contributed by atoms with van der Waals surface area (Å²) in [4.78, 5) is 23.8. The molecule has 0 atom stereocenters. The molecule has 0 spiro atoms. The zero-order chi connectivity index (χ0) is 17.3. The molecule has 2 heterocycles. The van der Waals surface area contributed by atoms with Crippen LogP contribution in [0.5, 0.6) is 5.75 Å². The highest BCUT2D eigenvalue weighted by Gasteiger charge is 2.25. The number of rotatable bonds is 5. The van der Waals surface area contributed by atoms with E-state index in [2.05, 4.69) is 0 Å². The Morgan fingerprint density at radius 2 is 1.88 bits per heavy atom. The van der Waals surface area contributed by atoms with Gasteiger partial charge >= 0.3 is 0 Å². The lowest BCUT2D eigenvalue weighted by Crippen LogP contribution is -2.23. The summed E-state index contributed by atoms with van der Waals surface area (Å²) in [6.45, 7) is 1.93. The lowest BCUT2D eigenvalue weighted by molar-refractivity contribution is -0.114. The quantitative estimate of drug-likeness (QED) is 0.559. The van der Waals surface area contributed by atoms with Crippen molar-refractivity contribution >= 4 is 17.2 Å². The number of fused-ring (bicyclic) bond motifs is 1. The van der Waals surface area contributed by atoms with E-state index < -0.39 is 11.7 Å². The van der Waals surface area contributed by atoms with E-state index in [4.69, 9.17) is 5.73 Å². The van der Waals surface area contributed by atoms with E-state index in [1.807, 2.05) is 41.7 Å². The number of Topliss-reactive ketones (excluding diaryl/α,β-unsaturated/α-hetero) is 1. The summed E-state index contributed by atoms with van der Waals surface area (Å²) in [7, 11) is 0. The van der Waals surface area contributed by atoms with Crippen molar-refractivity contribution in [2.24, 2.45) is 5.73 Å². The molecule has 1 amide bonds. The molecular formula is C19H18N2O3. The summed E-state index contributed by atoms with van der Waals surface area (Å²) >= 11 is 0. The van der Waals surface area contributed by atoms with E-state index in [0.29, 0.717) is 18.4 Å². The molecule has 24 heavy (non-hydrogen) atoms. The molecule has 5 heteroatoms. The fraction of sp³-hybridized carbons (Fsp3) is 0.158. The van der Waals surface area contributed by atoms with Gasteiger partial charge in [-0.05, 0) is 23.6 Å². The Hall–Kier alpha value is -3.08. The molecule has 0 radical (unpaired) electrons. The fourth-order valence-corrected chi connectivity index (χ4v) is 3.10. The standard InChI is InChI=1S/C19H18N2O3/c1-2-14-15(10-12-6-4-3-5-7-12)21-9-8-13(22)11-16(21)17(14)18(23)19(20)24/h3-9,11,22H,2,10H2,1H3,(H2,20,24). The van der Waals surface area contributed by atoms with Crippen LogP contribution in [0.25, 0.3) is 5.52 Å². The van der Waals surface area contributed by atoms with Crippen LogP contribution in [-0.2, 0) is 17.6 Å². The minimum Gasteiger partial charge on any atom is -0.508 e. The van der Waals surface area contributed by atoms with Crippen molar-refractivity contribution in [3.8, 4) is 5.75 Å². The fourth-order valence-electron chi connectivity index (χ4n) is 3.10. The third kappa shape index (κ3) is 2.65. The highest BCUT2D eigenvalue weighted by molar-refractivity contribution is 6.44. The minimum absolute atomic E-state index is 0.0347. The number of ketones is 1. The first kappa shape index (κ1) is 15.8. The van der Waals surface area contributed by atoms with Gasteiger partial charge < -0.3 is 15.2 Å². The van der Waals surface area contributed by atoms with Gasteiger partial charge in [0.25, 0.3) is 11.7 Å². The topological polar surface area (TPSA) is 84.8 Å². The molecule has 122 valence electrons. The maximum Gasteiger partial charge on any atom is 0.289 e. The molecule has 2 aromatic heterocycles. The summed E-state index contributed by atoms with van der Waals surface area (Å²) in [5, 5.41) is 9.80. The van der Waals surface area contributed by atoms with Gasteiger partial charge in [-0.1, -0.05) is 37.3 Å². The molecule has 1 aromatic carbocycles. The zero-order valence-electron chi connectivity index (χ0n) is 13.3. The van der Waals surface area contributed by atoms with Gasteiger partial charge in [0.15, 0.2) is 0 Å². The molecule has 3 aromatic rings. The lowest BCUT2D eigenvalue weighted by Gasteiger charge is -2.06. The van der Waals surface area contributed by atoms with Gasteiger partial charge in [0, 0.05) is 24.4 Å². The number of benzene rings is 1. The second-order valence-electron chi connectivity index (χ2n) is 5.65. The highest BCUT2D eigenvalue weighted by Crippen LogP contribution is 2.29. The van der Waals surface area contributed by atoms with Crippen LogP contribution >= 0.6 is 0 Å². The van der Waals surface area contributed by atoms with E-state index >= 15 is 0 Å². The van der Waals surface area contributed by atoms with Crippen LogP contribution in [0.15, 0.2) is 48.7 Å². The third-order valence-electron chi connectivity index (χ3n) is 4.15. The van der Waals surface area contributed by atoms with Crippen LogP contribution < -0.4 is 5.73 Å². The summed E-state index contributed by atoms with van der Waals surface area (Å²) < 4.78 is 1.85. The van der Waals surface area contributed by atoms with Crippen molar-refractivity contribution < 1.29 is 14.7 Å². The van der Waals surface area contributed by atoms with Crippen LogP contribution in [0.3, 0.4) is 0 Å². The van der Waals surface area contributed by atoms with Crippen molar-refractivity contribution in [3.63, 3.8) is 0 Å². The smallest absolute Gasteiger partial charge is 0.289 e. The van der Waals surface area contributed by atoms with Crippen LogP contribution in [0.2, 0.25) is 0 Å². The second kappa shape index (κ2) is 6.20. The summed E-state index contributed by atoms with van der Waals surface area (Å²) in [6.07, 6.45) is 2.90. The van der Waals surface area contributed by atoms with Crippen molar-refractivity contribution in [2.45, 2.75) is 19.8 Å². The van der Waals surface area contributed by atoms with Gasteiger partial charge in [-0.2, -0.15) is 0 Å². The molecule has 0 fully saturated rings. The average molecular weight is 322 g/mol. The van der Waals surface area contributed by atoms with E-state index in [1.54, 1.807) is 12.3 Å². The van der Waals surface area contributed by atoms with Crippen LogP contribution in [-0.4, -0.2) is 21.2 Å². The number of primary amides is 1. The van der Waals surface area contributed by atoms with E-state index in [-0.39, 0.29) is 11.3 Å². The van der Waals surface area contributed by atoms with Crippen molar-refractivity contribution in [2.75, 3.05) is 0 Å². The highest BCUT2D eigenvalue weighted by atomic mass is 16.3. The SMILES string of the molecule is CCc1c(C(=O)C(N)=O)c2cc(O)ccn2c1Cc1ccccc1. The van der Waals surface area contributed by atoms with E-state index in [0.717, 1.165) is 16.8 Å².